The van der Waals surface area contributed by atoms with Crippen molar-refractivity contribution in [3.63, 3.8) is 0 Å². The van der Waals surface area contributed by atoms with Crippen LogP contribution >= 0.6 is 15.9 Å². The van der Waals surface area contributed by atoms with Crippen LogP contribution in [0.25, 0.3) is 10.9 Å². The van der Waals surface area contributed by atoms with Crippen LogP contribution in [0.1, 0.15) is 36.7 Å². The SMILES string of the molecule is COC(=O)c1ccc(COc2cc(Br)cc3c2cnn3C(=O)OC(C)(C)C)cc1. The maximum atomic E-state index is 12.4. The van der Waals surface area contributed by atoms with Crippen molar-refractivity contribution in [2.75, 3.05) is 7.11 Å². The molecule has 0 bridgehead atoms. The largest absolute Gasteiger partial charge is 0.488 e. The Labute approximate surface area is 176 Å². The molecular weight excluding hydrogens is 440 g/mol. The van der Waals surface area contributed by atoms with E-state index in [1.54, 1.807) is 57.3 Å². The number of hydrogen-bond acceptors (Lipinski definition) is 6. The average Bonchev–Trinajstić information content (AvgIpc) is 3.08. The maximum absolute atomic E-state index is 12.4. The molecule has 0 aliphatic heterocycles. The molecule has 0 unspecified atom stereocenters. The summed E-state index contributed by atoms with van der Waals surface area (Å²) in [4.78, 5) is 24.0. The number of fused-ring (bicyclic) bond motifs is 1. The molecule has 0 N–H and O–H groups in total. The minimum absolute atomic E-state index is 0.282. The van der Waals surface area contributed by atoms with E-state index in [0.717, 1.165) is 10.0 Å². The third-order valence-corrected chi connectivity index (χ3v) is 4.41. The van der Waals surface area contributed by atoms with Crippen LogP contribution in [0, 0.1) is 0 Å². The Morgan fingerprint density at radius 2 is 1.83 bits per heavy atom. The lowest BCUT2D eigenvalue weighted by atomic mass is 10.1. The quantitative estimate of drug-likeness (QED) is 0.512. The van der Waals surface area contributed by atoms with Gasteiger partial charge in [0, 0.05) is 4.47 Å². The van der Waals surface area contributed by atoms with Crippen molar-refractivity contribution in [3.05, 3.63) is 58.2 Å². The number of benzene rings is 2. The first-order chi connectivity index (χ1) is 13.7. The van der Waals surface area contributed by atoms with E-state index in [4.69, 9.17) is 14.2 Å². The zero-order chi connectivity index (χ0) is 21.2. The molecule has 7 nitrogen and oxygen atoms in total. The third-order valence-electron chi connectivity index (χ3n) is 3.95. The van der Waals surface area contributed by atoms with Crippen molar-refractivity contribution < 1.29 is 23.8 Å². The first kappa shape index (κ1) is 20.9. The highest BCUT2D eigenvalue weighted by Gasteiger charge is 2.21. The standard InChI is InChI=1S/C21H21BrN2O5/c1-21(2,3)29-20(26)24-17-9-15(22)10-18(16(17)11-23-24)28-12-13-5-7-14(8-6-13)19(25)27-4/h5-11H,12H2,1-4H3. The molecule has 1 heterocycles. The number of carbonyl (C=O) groups is 2. The minimum Gasteiger partial charge on any atom is -0.488 e. The van der Waals surface area contributed by atoms with Crippen molar-refractivity contribution in [3.8, 4) is 5.75 Å². The summed E-state index contributed by atoms with van der Waals surface area (Å²) in [5.41, 5.74) is 1.30. The van der Waals surface area contributed by atoms with Crippen LogP contribution in [0.15, 0.2) is 47.1 Å². The second-order valence-corrected chi connectivity index (χ2v) is 8.27. The highest BCUT2D eigenvalue weighted by molar-refractivity contribution is 9.10. The Hall–Kier alpha value is -2.87. The molecular formula is C21H21BrN2O5. The molecule has 0 aliphatic rings. The van der Waals surface area contributed by atoms with Gasteiger partial charge >= 0.3 is 12.1 Å². The Morgan fingerprint density at radius 3 is 2.45 bits per heavy atom. The molecule has 0 saturated carbocycles. The second-order valence-electron chi connectivity index (χ2n) is 7.35. The van der Waals surface area contributed by atoms with E-state index >= 15 is 0 Å². The molecule has 0 amide bonds. The molecule has 0 aliphatic carbocycles. The number of halogens is 1. The minimum atomic E-state index is -0.628. The van der Waals surface area contributed by atoms with Gasteiger partial charge in [-0.05, 0) is 50.6 Å². The fourth-order valence-electron chi connectivity index (χ4n) is 2.65. The van der Waals surface area contributed by atoms with Crippen molar-refractivity contribution in [1.82, 2.24) is 9.78 Å². The highest BCUT2D eigenvalue weighted by atomic mass is 79.9. The van der Waals surface area contributed by atoms with Crippen LogP contribution in [0.5, 0.6) is 5.75 Å². The van der Waals surface area contributed by atoms with E-state index in [-0.39, 0.29) is 12.6 Å². The fraction of sp³-hybridized carbons (Fsp3) is 0.286. The van der Waals surface area contributed by atoms with Crippen LogP contribution in [0.2, 0.25) is 0 Å². The van der Waals surface area contributed by atoms with E-state index in [1.165, 1.54) is 11.8 Å². The molecule has 0 atom stereocenters. The van der Waals surface area contributed by atoms with Gasteiger partial charge in [-0.15, -0.1) is 0 Å². The molecule has 2 aromatic carbocycles. The molecule has 0 saturated heterocycles. The van der Waals surface area contributed by atoms with E-state index in [9.17, 15) is 9.59 Å². The summed E-state index contributed by atoms with van der Waals surface area (Å²) in [5, 5.41) is 4.85. The normalized spacial score (nSPS) is 11.3. The number of carbonyl (C=O) groups excluding carboxylic acids is 2. The van der Waals surface area contributed by atoms with Gasteiger partial charge in [0.25, 0.3) is 0 Å². The summed E-state index contributed by atoms with van der Waals surface area (Å²) in [5.74, 6) is 0.182. The molecule has 8 heteroatoms. The first-order valence-electron chi connectivity index (χ1n) is 8.88. The topological polar surface area (TPSA) is 79.7 Å². The number of methoxy groups -OCH3 is 1. The summed E-state index contributed by atoms with van der Waals surface area (Å²) in [6.45, 7) is 5.68. The number of rotatable bonds is 4. The van der Waals surface area contributed by atoms with E-state index < -0.39 is 11.7 Å². The van der Waals surface area contributed by atoms with Gasteiger partial charge in [-0.1, -0.05) is 28.1 Å². The first-order valence-corrected chi connectivity index (χ1v) is 9.68. The number of esters is 1. The predicted octanol–water partition coefficient (Wildman–Crippen LogP) is 4.95. The molecule has 29 heavy (non-hydrogen) atoms. The van der Waals surface area contributed by atoms with Crippen molar-refractivity contribution >= 4 is 38.9 Å². The Bertz CT molecular complexity index is 1050. The van der Waals surface area contributed by atoms with E-state index in [1.807, 2.05) is 6.07 Å². The number of aromatic nitrogens is 2. The molecule has 0 fully saturated rings. The maximum Gasteiger partial charge on any atom is 0.435 e. The van der Waals surface area contributed by atoms with Gasteiger partial charge < -0.3 is 14.2 Å². The van der Waals surface area contributed by atoms with Crippen LogP contribution in [-0.4, -0.2) is 34.6 Å². The Kier molecular flexibility index (Phi) is 5.93. The molecule has 0 radical (unpaired) electrons. The lowest BCUT2D eigenvalue weighted by Gasteiger charge is -2.19. The van der Waals surface area contributed by atoms with Gasteiger partial charge in [-0.2, -0.15) is 9.78 Å². The molecule has 3 aromatic rings. The Balaban J connectivity index is 1.83. The smallest absolute Gasteiger partial charge is 0.435 e. The summed E-state index contributed by atoms with van der Waals surface area (Å²) in [6, 6.07) is 10.6. The van der Waals surface area contributed by atoms with E-state index in [2.05, 4.69) is 21.0 Å². The Morgan fingerprint density at radius 1 is 1.14 bits per heavy atom. The summed E-state index contributed by atoms with van der Waals surface area (Å²) >= 11 is 3.45. The van der Waals surface area contributed by atoms with Gasteiger partial charge in [0.05, 0.1) is 29.8 Å². The number of nitrogens with zero attached hydrogens (tertiary/aromatic N) is 2. The van der Waals surface area contributed by atoms with Crippen molar-refractivity contribution in [1.29, 1.82) is 0 Å². The summed E-state index contributed by atoms with van der Waals surface area (Å²) < 4.78 is 18.0. The van der Waals surface area contributed by atoms with Gasteiger partial charge in [0.15, 0.2) is 0 Å². The van der Waals surface area contributed by atoms with Crippen molar-refractivity contribution in [2.45, 2.75) is 33.0 Å². The zero-order valence-electron chi connectivity index (χ0n) is 16.6. The number of hydrogen-bond donors (Lipinski definition) is 0. The monoisotopic (exact) mass is 460 g/mol. The van der Waals surface area contributed by atoms with Gasteiger partial charge in [0.2, 0.25) is 0 Å². The van der Waals surface area contributed by atoms with Crippen molar-refractivity contribution in [2.24, 2.45) is 0 Å². The lowest BCUT2D eigenvalue weighted by Crippen LogP contribution is -2.27. The highest BCUT2D eigenvalue weighted by Crippen LogP contribution is 2.31. The van der Waals surface area contributed by atoms with Gasteiger partial charge in [-0.3, -0.25) is 0 Å². The molecule has 1 aromatic heterocycles. The summed E-state index contributed by atoms with van der Waals surface area (Å²) in [7, 11) is 1.34. The van der Waals surface area contributed by atoms with Gasteiger partial charge in [-0.25, -0.2) is 9.59 Å². The number of ether oxygens (including phenoxy) is 3. The average molecular weight is 461 g/mol. The molecule has 152 valence electrons. The fourth-order valence-corrected chi connectivity index (χ4v) is 3.07. The van der Waals surface area contributed by atoms with Gasteiger partial charge in [0.1, 0.15) is 18.0 Å². The van der Waals surface area contributed by atoms with E-state index in [0.29, 0.717) is 22.2 Å². The second kappa shape index (κ2) is 8.24. The van der Waals surface area contributed by atoms with Crippen LogP contribution in [-0.2, 0) is 16.1 Å². The molecule has 0 spiro atoms. The van der Waals surface area contributed by atoms with Crippen LogP contribution in [0.3, 0.4) is 0 Å². The predicted molar refractivity (Wildman–Crippen MR) is 111 cm³/mol. The third kappa shape index (κ3) is 4.95. The zero-order valence-corrected chi connectivity index (χ0v) is 18.1. The van der Waals surface area contributed by atoms with Crippen LogP contribution in [0.4, 0.5) is 4.79 Å². The molecule has 3 rings (SSSR count). The lowest BCUT2D eigenvalue weighted by molar-refractivity contribution is 0.0521. The summed E-state index contributed by atoms with van der Waals surface area (Å²) in [6.07, 6.45) is 1.01. The van der Waals surface area contributed by atoms with Crippen LogP contribution < -0.4 is 4.74 Å².